The lowest BCUT2D eigenvalue weighted by molar-refractivity contribution is 1.04. The van der Waals surface area contributed by atoms with Crippen LogP contribution >= 0.6 is 11.3 Å². The highest BCUT2D eigenvalue weighted by Gasteiger charge is 2.23. The van der Waals surface area contributed by atoms with E-state index in [9.17, 15) is 5.26 Å². The summed E-state index contributed by atoms with van der Waals surface area (Å²) in [6.07, 6.45) is 0. The molecule has 40 heavy (non-hydrogen) atoms. The average Bonchev–Trinajstić information content (AvgIpc) is 3.57. The molecule has 0 saturated heterocycles. The fourth-order valence-corrected chi connectivity index (χ4v) is 6.85. The van der Waals surface area contributed by atoms with Gasteiger partial charge in [0.25, 0.3) is 0 Å². The lowest BCUT2D eigenvalue weighted by Crippen LogP contribution is -2.07. The third kappa shape index (κ3) is 3.30. The zero-order valence-corrected chi connectivity index (χ0v) is 22.1. The highest BCUT2D eigenvalue weighted by Crippen LogP contribution is 2.43. The molecule has 5 aromatic carbocycles. The molecule has 0 aliphatic heterocycles. The van der Waals surface area contributed by atoms with Gasteiger partial charge in [-0.25, -0.2) is 9.97 Å². The zero-order chi connectivity index (χ0) is 26.6. The number of thiophene rings is 1. The van der Waals surface area contributed by atoms with Crippen molar-refractivity contribution in [2.24, 2.45) is 0 Å². The van der Waals surface area contributed by atoms with Gasteiger partial charge in [0.15, 0.2) is 11.6 Å². The molecule has 0 unspecified atom stereocenters. The highest BCUT2D eigenvalue weighted by molar-refractivity contribution is 7.26. The summed E-state index contributed by atoms with van der Waals surface area (Å²) in [5.41, 5.74) is 4.88. The molecule has 3 aromatic heterocycles. The molecule has 0 atom stereocenters. The van der Waals surface area contributed by atoms with Crippen LogP contribution in [0.4, 0.5) is 0 Å². The summed E-state index contributed by atoms with van der Waals surface area (Å²) in [6.45, 7) is 0. The molecule has 4 nitrogen and oxygen atoms in total. The van der Waals surface area contributed by atoms with Gasteiger partial charge < -0.3 is 0 Å². The molecule has 0 bridgehead atoms. The van der Waals surface area contributed by atoms with Crippen LogP contribution in [0.25, 0.3) is 70.4 Å². The van der Waals surface area contributed by atoms with Gasteiger partial charge in [0.1, 0.15) is 11.6 Å². The van der Waals surface area contributed by atoms with E-state index >= 15 is 0 Å². The van der Waals surface area contributed by atoms with E-state index in [1.165, 1.54) is 25.6 Å². The molecule has 5 heteroatoms. The van der Waals surface area contributed by atoms with Gasteiger partial charge in [-0.2, -0.15) is 5.26 Å². The normalized spacial score (nSPS) is 11.5. The Labute approximate surface area is 234 Å². The van der Waals surface area contributed by atoms with Gasteiger partial charge in [0, 0.05) is 42.1 Å². The van der Waals surface area contributed by atoms with E-state index in [1.54, 1.807) is 0 Å². The number of hydrogen-bond donors (Lipinski definition) is 0. The number of hydrogen-bond acceptors (Lipinski definition) is 4. The Morgan fingerprint density at radius 1 is 0.575 bits per heavy atom. The van der Waals surface area contributed by atoms with Gasteiger partial charge in [0.2, 0.25) is 0 Å². The summed E-state index contributed by atoms with van der Waals surface area (Å²) in [7, 11) is 0. The third-order valence-corrected chi connectivity index (χ3v) is 8.61. The van der Waals surface area contributed by atoms with Crippen LogP contribution in [0.3, 0.4) is 0 Å². The SMILES string of the molecule is N#Cc1c(-c2ccccc2)nc(-c2ccccc2)nc1-n1c2ccccc2c2c3c(ccc21)sc1ccccc13. The number of aromatic nitrogens is 3. The van der Waals surface area contributed by atoms with Crippen molar-refractivity contribution in [1.82, 2.24) is 14.5 Å². The fourth-order valence-electron chi connectivity index (χ4n) is 5.74. The molecule has 0 aliphatic rings. The summed E-state index contributed by atoms with van der Waals surface area (Å²) in [5, 5.41) is 15.4. The number of nitrogens with zero attached hydrogens (tertiary/aromatic N) is 4. The molecule has 8 aromatic rings. The molecule has 0 fully saturated rings. The van der Waals surface area contributed by atoms with E-state index in [4.69, 9.17) is 9.97 Å². The largest absolute Gasteiger partial charge is 0.293 e. The van der Waals surface area contributed by atoms with Crippen molar-refractivity contribution in [2.45, 2.75) is 0 Å². The molecule has 8 rings (SSSR count). The third-order valence-electron chi connectivity index (χ3n) is 7.47. The lowest BCUT2D eigenvalue weighted by atomic mass is 10.1. The molecule has 0 amide bonds. The van der Waals surface area contributed by atoms with Gasteiger partial charge >= 0.3 is 0 Å². The Hall–Kier alpha value is -5.31. The number of rotatable bonds is 3. The van der Waals surface area contributed by atoms with Crippen LogP contribution in [0.1, 0.15) is 5.56 Å². The van der Waals surface area contributed by atoms with Crippen molar-refractivity contribution in [2.75, 3.05) is 0 Å². The second kappa shape index (κ2) is 8.88. The van der Waals surface area contributed by atoms with Gasteiger partial charge in [-0.3, -0.25) is 4.57 Å². The average molecular weight is 529 g/mol. The second-order valence-corrected chi connectivity index (χ2v) is 10.8. The maximum atomic E-state index is 10.6. The Morgan fingerprint density at radius 3 is 2.02 bits per heavy atom. The van der Waals surface area contributed by atoms with Crippen LogP contribution in [0.15, 0.2) is 121 Å². The molecule has 0 saturated carbocycles. The van der Waals surface area contributed by atoms with E-state index in [0.29, 0.717) is 22.9 Å². The van der Waals surface area contributed by atoms with Crippen molar-refractivity contribution in [1.29, 1.82) is 5.26 Å². The van der Waals surface area contributed by atoms with E-state index < -0.39 is 0 Å². The number of benzene rings is 5. The first-order chi connectivity index (χ1) is 19.8. The molecule has 0 spiro atoms. The molecule has 3 heterocycles. The Morgan fingerprint density at radius 2 is 1.25 bits per heavy atom. The number of para-hydroxylation sites is 1. The molecular weight excluding hydrogens is 508 g/mol. The standard InChI is InChI=1S/C35H20N4S/c36-21-26-33(22-11-3-1-4-12-22)37-34(23-13-5-2-6-14-23)38-35(26)39-27-17-9-7-15-24(27)31-28(39)19-20-30-32(31)25-16-8-10-18-29(25)40-30/h1-20H. The first-order valence-corrected chi connectivity index (χ1v) is 13.9. The fraction of sp³-hybridized carbons (Fsp3) is 0. The second-order valence-electron chi connectivity index (χ2n) is 9.72. The molecule has 186 valence electrons. The van der Waals surface area contributed by atoms with Crippen LogP contribution in [0, 0.1) is 11.3 Å². The molecule has 0 aliphatic carbocycles. The molecular formula is C35H20N4S. The van der Waals surface area contributed by atoms with Gasteiger partial charge in [-0.05, 0) is 24.3 Å². The maximum absolute atomic E-state index is 10.6. The van der Waals surface area contributed by atoms with Crippen LogP contribution in [-0.4, -0.2) is 14.5 Å². The van der Waals surface area contributed by atoms with Crippen molar-refractivity contribution < 1.29 is 0 Å². The highest BCUT2D eigenvalue weighted by atomic mass is 32.1. The van der Waals surface area contributed by atoms with E-state index in [2.05, 4.69) is 65.2 Å². The van der Waals surface area contributed by atoms with Gasteiger partial charge in [0.05, 0.1) is 16.7 Å². The predicted molar refractivity (Wildman–Crippen MR) is 165 cm³/mol. The van der Waals surface area contributed by atoms with Crippen molar-refractivity contribution >= 4 is 53.3 Å². The summed E-state index contributed by atoms with van der Waals surface area (Å²) in [5.74, 6) is 1.17. The summed E-state index contributed by atoms with van der Waals surface area (Å²) in [4.78, 5) is 10.1. The lowest BCUT2D eigenvalue weighted by Gasteiger charge is -2.14. The van der Waals surface area contributed by atoms with Gasteiger partial charge in [-0.1, -0.05) is 97.1 Å². The van der Waals surface area contributed by atoms with Crippen molar-refractivity contribution in [3.8, 4) is 34.5 Å². The van der Waals surface area contributed by atoms with E-state index in [-0.39, 0.29) is 0 Å². The zero-order valence-electron chi connectivity index (χ0n) is 21.2. The van der Waals surface area contributed by atoms with Crippen LogP contribution < -0.4 is 0 Å². The minimum Gasteiger partial charge on any atom is -0.293 e. The first kappa shape index (κ1) is 22.7. The maximum Gasteiger partial charge on any atom is 0.162 e. The Kier molecular flexibility index (Phi) is 5.03. The van der Waals surface area contributed by atoms with Crippen molar-refractivity contribution in [3.05, 3.63) is 127 Å². The topological polar surface area (TPSA) is 54.5 Å². The first-order valence-electron chi connectivity index (χ1n) is 13.1. The van der Waals surface area contributed by atoms with Crippen molar-refractivity contribution in [3.63, 3.8) is 0 Å². The molecule has 0 radical (unpaired) electrons. The minimum absolute atomic E-state index is 0.448. The predicted octanol–water partition coefficient (Wildman–Crippen LogP) is 9.15. The van der Waals surface area contributed by atoms with Crippen LogP contribution in [0.2, 0.25) is 0 Å². The minimum atomic E-state index is 0.448. The monoisotopic (exact) mass is 528 g/mol. The Balaban J connectivity index is 1.56. The smallest absolute Gasteiger partial charge is 0.162 e. The Bertz CT molecular complexity index is 2270. The number of fused-ring (bicyclic) bond motifs is 7. The van der Waals surface area contributed by atoms with E-state index in [1.807, 2.05) is 78.1 Å². The summed E-state index contributed by atoms with van der Waals surface area (Å²) < 4.78 is 4.66. The van der Waals surface area contributed by atoms with Crippen LogP contribution in [-0.2, 0) is 0 Å². The summed E-state index contributed by atoms with van der Waals surface area (Å²) >= 11 is 1.81. The van der Waals surface area contributed by atoms with Gasteiger partial charge in [-0.15, -0.1) is 11.3 Å². The van der Waals surface area contributed by atoms with Crippen LogP contribution in [0.5, 0.6) is 0 Å². The van der Waals surface area contributed by atoms with E-state index in [0.717, 1.165) is 27.5 Å². The quantitative estimate of drug-likeness (QED) is 0.230. The molecule has 0 N–H and O–H groups in total. The summed E-state index contributed by atoms with van der Waals surface area (Å²) in [6, 6.07) is 43.7. The number of nitriles is 1.